The first-order valence-electron chi connectivity index (χ1n) is 15.7. The Bertz CT molecular complexity index is 1400. The summed E-state index contributed by atoms with van der Waals surface area (Å²) < 4.78 is 0. The Hall–Kier alpha value is -3.38. The van der Waals surface area contributed by atoms with Gasteiger partial charge in [-0.2, -0.15) is 0 Å². The molecular formula is C35H45N5O. The van der Waals surface area contributed by atoms with E-state index < -0.39 is 5.54 Å². The average Bonchev–Trinajstić information content (AvgIpc) is 3.10. The van der Waals surface area contributed by atoms with Gasteiger partial charge in [-0.1, -0.05) is 80.3 Å². The molecule has 2 saturated carbocycles. The van der Waals surface area contributed by atoms with Gasteiger partial charge in [0.1, 0.15) is 11.4 Å². The van der Waals surface area contributed by atoms with Gasteiger partial charge in [0.05, 0.1) is 0 Å². The predicted molar refractivity (Wildman–Crippen MR) is 168 cm³/mol. The van der Waals surface area contributed by atoms with E-state index in [9.17, 15) is 4.79 Å². The summed E-state index contributed by atoms with van der Waals surface area (Å²) in [5, 5.41) is 14.2. The van der Waals surface area contributed by atoms with Crippen LogP contribution in [0.1, 0.15) is 80.9 Å². The fourth-order valence-electron chi connectivity index (χ4n) is 7.77. The number of nitrogen functional groups attached to an aromatic ring is 1. The number of carbonyl (C=O) groups is 1. The number of hydrogen-bond acceptors (Lipinski definition) is 4. The van der Waals surface area contributed by atoms with Crippen molar-refractivity contribution in [2.75, 3.05) is 11.4 Å². The van der Waals surface area contributed by atoms with Crippen molar-refractivity contribution in [1.29, 1.82) is 5.41 Å². The van der Waals surface area contributed by atoms with Crippen LogP contribution in [0.2, 0.25) is 0 Å². The van der Waals surface area contributed by atoms with Crippen LogP contribution in [0.4, 0.5) is 5.69 Å². The number of rotatable bonds is 7. The first-order chi connectivity index (χ1) is 19.9. The zero-order valence-corrected chi connectivity index (χ0v) is 24.2. The molecule has 1 heterocycles. The maximum absolute atomic E-state index is 14.8. The molecule has 6 N–H and O–H groups in total. The molecule has 1 atom stereocenters. The van der Waals surface area contributed by atoms with Crippen molar-refractivity contribution >= 4 is 28.2 Å². The van der Waals surface area contributed by atoms with Crippen LogP contribution in [0.15, 0.2) is 60.7 Å². The third-order valence-corrected chi connectivity index (χ3v) is 10.1. The highest BCUT2D eigenvalue weighted by molar-refractivity contribution is 5.98. The number of benzene rings is 3. The summed E-state index contributed by atoms with van der Waals surface area (Å²) in [4.78, 5) is 17.2. The van der Waals surface area contributed by atoms with Crippen molar-refractivity contribution < 1.29 is 4.79 Å². The Morgan fingerprint density at radius 1 is 0.902 bits per heavy atom. The summed E-state index contributed by atoms with van der Waals surface area (Å²) in [7, 11) is 0. The molecule has 1 unspecified atom stereocenters. The molecule has 6 nitrogen and oxygen atoms in total. The van der Waals surface area contributed by atoms with E-state index in [1.807, 2.05) is 6.07 Å². The van der Waals surface area contributed by atoms with Gasteiger partial charge in [0.15, 0.2) is 0 Å². The standard InChI is InChI=1S/C35H45N5O/c36-30-15-17-31(18-16-30)39-34(41)35(29-9-3-1-2-4-10-29)23-28-14-13-27(33(37)38)22-32(28)40(35)20-19-24-11-12-25-7-5-6-8-26(25)21-24/h5-8,11-14,21-22,29-31H,1-4,9-10,15-20,23,36H2,(H3,37,38)(H,39,41). The topological polar surface area (TPSA) is 108 Å². The molecule has 0 aromatic heterocycles. The minimum atomic E-state index is -0.640. The first kappa shape index (κ1) is 27.8. The van der Waals surface area contributed by atoms with Gasteiger partial charge in [-0.25, -0.2) is 0 Å². The Labute approximate surface area is 244 Å². The van der Waals surface area contributed by atoms with E-state index in [4.69, 9.17) is 16.9 Å². The predicted octanol–water partition coefficient (Wildman–Crippen LogP) is 5.82. The lowest BCUT2D eigenvalue weighted by atomic mass is 9.75. The van der Waals surface area contributed by atoms with Crippen molar-refractivity contribution in [1.82, 2.24) is 5.32 Å². The van der Waals surface area contributed by atoms with Gasteiger partial charge < -0.3 is 21.7 Å². The monoisotopic (exact) mass is 551 g/mol. The Morgan fingerprint density at radius 3 is 2.37 bits per heavy atom. The number of amidine groups is 1. The van der Waals surface area contributed by atoms with Crippen molar-refractivity contribution in [2.24, 2.45) is 17.4 Å². The van der Waals surface area contributed by atoms with E-state index in [1.54, 1.807) is 0 Å². The van der Waals surface area contributed by atoms with E-state index in [0.29, 0.717) is 6.42 Å². The number of nitrogens with two attached hydrogens (primary N) is 2. The molecule has 216 valence electrons. The highest BCUT2D eigenvalue weighted by Gasteiger charge is 2.54. The lowest BCUT2D eigenvalue weighted by Gasteiger charge is -2.45. The maximum Gasteiger partial charge on any atom is 0.246 e. The van der Waals surface area contributed by atoms with Crippen LogP contribution >= 0.6 is 0 Å². The summed E-state index contributed by atoms with van der Waals surface area (Å²) in [5.41, 5.74) is 15.8. The van der Waals surface area contributed by atoms with Crippen LogP contribution in [0.5, 0.6) is 0 Å². The molecule has 41 heavy (non-hydrogen) atoms. The van der Waals surface area contributed by atoms with E-state index in [2.05, 4.69) is 64.8 Å². The number of fused-ring (bicyclic) bond motifs is 2. The fourth-order valence-corrected chi connectivity index (χ4v) is 7.77. The minimum absolute atomic E-state index is 0.0669. The Morgan fingerprint density at radius 2 is 1.63 bits per heavy atom. The van der Waals surface area contributed by atoms with Gasteiger partial charge in [0.25, 0.3) is 0 Å². The molecule has 3 aromatic carbocycles. The SMILES string of the molecule is N=C(N)c1ccc2c(c1)N(CCc1ccc3ccccc3c1)C(C(=O)NC1CCC(N)CC1)(C1CCCCCC1)C2. The number of nitrogens with zero attached hydrogens (tertiary/aromatic N) is 1. The highest BCUT2D eigenvalue weighted by Crippen LogP contribution is 2.48. The summed E-state index contributed by atoms with van der Waals surface area (Å²) in [6, 6.07) is 21.8. The van der Waals surface area contributed by atoms with Gasteiger partial charge >= 0.3 is 0 Å². The third kappa shape index (κ3) is 5.59. The second-order valence-electron chi connectivity index (χ2n) is 12.7. The molecule has 0 radical (unpaired) electrons. The van der Waals surface area contributed by atoms with Crippen molar-refractivity contribution in [2.45, 2.75) is 94.7 Å². The number of hydrogen-bond donors (Lipinski definition) is 4. The molecule has 2 fully saturated rings. The molecule has 1 amide bonds. The average molecular weight is 552 g/mol. The lowest BCUT2D eigenvalue weighted by Crippen LogP contribution is -2.64. The van der Waals surface area contributed by atoms with E-state index >= 15 is 0 Å². The quantitative estimate of drug-likeness (QED) is 0.168. The minimum Gasteiger partial charge on any atom is -0.384 e. The molecular weight excluding hydrogens is 506 g/mol. The van der Waals surface area contributed by atoms with E-state index in [0.717, 1.165) is 62.7 Å². The highest BCUT2D eigenvalue weighted by atomic mass is 16.2. The van der Waals surface area contributed by atoms with Crippen LogP contribution in [0.25, 0.3) is 10.8 Å². The fraction of sp³-hybridized carbons (Fsp3) is 0.486. The smallest absolute Gasteiger partial charge is 0.246 e. The van der Waals surface area contributed by atoms with E-state index in [-0.39, 0.29) is 29.7 Å². The van der Waals surface area contributed by atoms with Crippen LogP contribution in [-0.2, 0) is 17.6 Å². The molecule has 3 aliphatic rings. The zero-order valence-electron chi connectivity index (χ0n) is 24.2. The molecule has 0 saturated heterocycles. The second kappa shape index (κ2) is 11.8. The van der Waals surface area contributed by atoms with Crippen molar-refractivity contribution in [3.63, 3.8) is 0 Å². The van der Waals surface area contributed by atoms with Crippen LogP contribution < -0.4 is 21.7 Å². The van der Waals surface area contributed by atoms with Gasteiger partial charge in [-0.15, -0.1) is 0 Å². The molecule has 0 bridgehead atoms. The van der Waals surface area contributed by atoms with Gasteiger partial charge in [0, 0.05) is 36.3 Å². The molecule has 0 spiro atoms. The third-order valence-electron chi connectivity index (χ3n) is 10.1. The Kier molecular flexibility index (Phi) is 8.03. The molecule has 6 rings (SSSR count). The van der Waals surface area contributed by atoms with Gasteiger partial charge in [-0.05, 0) is 78.8 Å². The molecule has 2 aliphatic carbocycles. The number of amides is 1. The van der Waals surface area contributed by atoms with Crippen molar-refractivity contribution in [3.05, 3.63) is 77.4 Å². The number of anilines is 1. The molecule has 1 aliphatic heterocycles. The molecule has 6 heteroatoms. The zero-order chi connectivity index (χ0) is 28.4. The van der Waals surface area contributed by atoms with Gasteiger partial charge in [0.2, 0.25) is 5.91 Å². The van der Waals surface area contributed by atoms with E-state index in [1.165, 1.54) is 47.6 Å². The maximum atomic E-state index is 14.8. The van der Waals surface area contributed by atoms with Crippen LogP contribution in [-0.4, -0.2) is 35.9 Å². The summed E-state index contributed by atoms with van der Waals surface area (Å²) >= 11 is 0. The first-order valence-corrected chi connectivity index (χ1v) is 15.7. The number of carbonyl (C=O) groups excluding carboxylic acids is 1. The van der Waals surface area contributed by atoms with Crippen LogP contribution in [0, 0.1) is 11.3 Å². The Balaban J connectivity index is 1.39. The summed E-state index contributed by atoms with van der Waals surface area (Å²) in [6.07, 6.45) is 12.4. The number of nitrogens with one attached hydrogen (secondary N) is 2. The lowest BCUT2D eigenvalue weighted by molar-refractivity contribution is -0.129. The molecule has 3 aromatic rings. The van der Waals surface area contributed by atoms with Gasteiger partial charge in [-0.3, -0.25) is 10.2 Å². The van der Waals surface area contributed by atoms with Crippen LogP contribution in [0.3, 0.4) is 0 Å². The summed E-state index contributed by atoms with van der Waals surface area (Å²) in [5.74, 6) is 0.529. The summed E-state index contributed by atoms with van der Waals surface area (Å²) in [6.45, 7) is 0.742. The van der Waals surface area contributed by atoms with Crippen molar-refractivity contribution in [3.8, 4) is 0 Å². The normalized spacial score (nSPS) is 25.0. The largest absolute Gasteiger partial charge is 0.384 e. The second-order valence-corrected chi connectivity index (χ2v) is 12.7.